The summed E-state index contributed by atoms with van der Waals surface area (Å²) in [6, 6.07) is 3.74. The number of nitrogens with zero attached hydrogens (tertiary/aromatic N) is 5. The van der Waals surface area contributed by atoms with E-state index >= 15 is 0 Å². The molecule has 4 heterocycles. The standard InChI is InChI=1S/C19H25N5O3S/c1-3-23-12-15(14(2)20-23)11-22-8-6-19(26,7-9-22)13-24-18(25)27-17(21-24)16-5-4-10-28-16/h4-5,10,12,26H,3,6-9,11,13H2,1-2H3. The largest absolute Gasteiger partial charge is 0.437 e. The summed E-state index contributed by atoms with van der Waals surface area (Å²) in [5.74, 6) is -0.216. The molecule has 3 aromatic rings. The highest BCUT2D eigenvalue weighted by atomic mass is 32.1. The van der Waals surface area contributed by atoms with Crippen molar-refractivity contribution < 1.29 is 9.52 Å². The lowest BCUT2D eigenvalue weighted by Crippen LogP contribution is -2.47. The van der Waals surface area contributed by atoms with Crippen LogP contribution in [0.3, 0.4) is 0 Å². The number of hydrogen-bond acceptors (Lipinski definition) is 7. The zero-order valence-corrected chi connectivity index (χ0v) is 17.0. The van der Waals surface area contributed by atoms with Crippen molar-refractivity contribution in [3.8, 4) is 10.8 Å². The number of likely N-dealkylation sites (tertiary alicyclic amines) is 1. The Bertz CT molecular complexity index is 980. The molecule has 9 heteroatoms. The third-order valence-corrected chi connectivity index (χ3v) is 6.19. The Balaban J connectivity index is 1.38. The Morgan fingerprint density at radius 2 is 2.11 bits per heavy atom. The van der Waals surface area contributed by atoms with Crippen molar-refractivity contribution in [3.05, 3.63) is 45.5 Å². The van der Waals surface area contributed by atoms with Crippen LogP contribution in [0, 0.1) is 6.92 Å². The summed E-state index contributed by atoms with van der Waals surface area (Å²) in [6.45, 7) is 7.47. The molecule has 1 N–H and O–H groups in total. The molecule has 0 unspecified atom stereocenters. The van der Waals surface area contributed by atoms with Crippen LogP contribution in [-0.2, 0) is 19.6 Å². The Hall–Kier alpha value is -2.23. The van der Waals surface area contributed by atoms with Crippen LogP contribution in [0.25, 0.3) is 10.8 Å². The summed E-state index contributed by atoms with van der Waals surface area (Å²) in [5, 5.41) is 21.7. The predicted octanol–water partition coefficient (Wildman–Crippen LogP) is 2.12. The van der Waals surface area contributed by atoms with Crippen molar-refractivity contribution in [2.24, 2.45) is 0 Å². The van der Waals surface area contributed by atoms with E-state index in [2.05, 4.69) is 28.2 Å². The minimum absolute atomic E-state index is 0.154. The van der Waals surface area contributed by atoms with Gasteiger partial charge in [0.05, 0.1) is 22.7 Å². The van der Waals surface area contributed by atoms with Gasteiger partial charge in [-0.3, -0.25) is 9.58 Å². The SMILES string of the molecule is CCn1cc(CN2CCC(O)(Cn3nc(-c4cccs4)oc3=O)CC2)c(C)n1. The minimum atomic E-state index is -0.952. The highest BCUT2D eigenvalue weighted by Crippen LogP contribution is 2.26. The van der Waals surface area contributed by atoms with Crippen LogP contribution in [0.1, 0.15) is 31.0 Å². The molecule has 1 aliphatic rings. The van der Waals surface area contributed by atoms with E-state index in [9.17, 15) is 9.90 Å². The fourth-order valence-corrected chi connectivity index (χ4v) is 4.23. The fourth-order valence-electron chi connectivity index (χ4n) is 3.59. The third-order valence-electron chi connectivity index (χ3n) is 5.34. The molecule has 0 aliphatic carbocycles. The van der Waals surface area contributed by atoms with Crippen molar-refractivity contribution in [2.75, 3.05) is 13.1 Å². The molecule has 1 saturated heterocycles. The van der Waals surface area contributed by atoms with Gasteiger partial charge in [0, 0.05) is 37.9 Å². The van der Waals surface area contributed by atoms with Gasteiger partial charge in [0.25, 0.3) is 5.89 Å². The monoisotopic (exact) mass is 403 g/mol. The van der Waals surface area contributed by atoms with Gasteiger partial charge in [0.15, 0.2) is 0 Å². The quantitative estimate of drug-likeness (QED) is 0.678. The van der Waals surface area contributed by atoms with Gasteiger partial charge in [-0.05, 0) is 38.1 Å². The molecule has 28 heavy (non-hydrogen) atoms. The molecule has 0 aromatic carbocycles. The highest BCUT2D eigenvalue weighted by Gasteiger charge is 2.34. The maximum Gasteiger partial charge on any atom is 0.437 e. The van der Waals surface area contributed by atoms with Gasteiger partial charge < -0.3 is 9.52 Å². The number of aryl methyl sites for hydroxylation is 2. The number of piperidine rings is 1. The van der Waals surface area contributed by atoms with Gasteiger partial charge in [-0.25, -0.2) is 4.79 Å². The van der Waals surface area contributed by atoms with Crippen molar-refractivity contribution in [1.82, 2.24) is 24.5 Å². The molecule has 8 nitrogen and oxygen atoms in total. The maximum atomic E-state index is 12.1. The first-order valence-electron chi connectivity index (χ1n) is 9.55. The number of thiophene rings is 1. The van der Waals surface area contributed by atoms with Gasteiger partial charge in [-0.15, -0.1) is 16.4 Å². The van der Waals surface area contributed by atoms with Crippen LogP contribution in [0.5, 0.6) is 0 Å². The smallest absolute Gasteiger partial charge is 0.388 e. The zero-order chi connectivity index (χ0) is 19.7. The Labute approximate surface area is 167 Å². The second kappa shape index (κ2) is 7.65. The first-order chi connectivity index (χ1) is 13.5. The zero-order valence-electron chi connectivity index (χ0n) is 16.2. The average Bonchev–Trinajstić information content (AvgIpc) is 3.39. The van der Waals surface area contributed by atoms with Crippen LogP contribution in [-0.4, -0.2) is 48.3 Å². The number of aromatic nitrogens is 4. The fraction of sp³-hybridized carbons (Fsp3) is 0.526. The molecule has 0 atom stereocenters. The van der Waals surface area contributed by atoms with E-state index in [0.717, 1.165) is 36.8 Å². The molecule has 3 aromatic heterocycles. The first-order valence-corrected chi connectivity index (χ1v) is 10.4. The van der Waals surface area contributed by atoms with E-state index in [1.165, 1.54) is 21.6 Å². The van der Waals surface area contributed by atoms with Gasteiger partial charge in [0.2, 0.25) is 0 Å². The molecular formula is C19H25N5O3S. The van der Waals surface area contributed by atoms with Crippen LogP contribution in [0.15, 0.2) is 32.9 Å². The Kier molecular flexibility index (Phi) is 5.22. The van der Waals surface area contributed by atoms with Gasteiger partial charge in [0.1, 0.15) is 0 Å². The highest BCUT2D eigenvalue weighted by molar-refractivity contribution is 7.13. The molecule has 1 fully saturated rings. The average molecular weight is 404 g/mol. The van der Waals surface area contributed by atoms with Gasteiger partial charge in [-0.2, -0.15) is 9.78 Å². The lowest BCUT2D eigenvalue weighted by Gasteiger charge is -2.37. The van der Waals surface area contributed by atoms with E-state index in [1.54, 1.807) is 0 Å². The summed E-state index contributed by atoms with van der Waals surface area (Å²) in [7, 11) is 0. The lowest BCUT2D eigenvalue weighted by molar-refractivity contribution is -0.0392. The van der Waals surface area contributed by atoms with Crippen LogP contribution in [0.2, 0.25) is 0 Å². The summed E-state index contributed by atoms with van der Waals surface area (Å²) in [4.78, 5) is 15.3. The molecule has 0 amide bonds. The molecule has 150 valence electrons. The van der Waals surface area contributed by atoms with E-state index in [0.29, 0.717) is 18.7 Å². The van der Waals surface area contributed by atoms with Gasteiger partial charge in [-0.1, -0.05) is 6.07 Å². The molecule has 0 bridgehead atoms. The van der Waals surface area contributed by atoms with Crippen LogP contribution < -0.4 is 5.76 Å². The Morgan fingerprint density at radius 1 is 1.32 bits per heavy atom. The lowest BCUT2D eigenvalue weighted by atomic mass is 9.91. The predicted molar refractivity (Wildman–Crippen MR) is 106 cm³/mol. The van der Waals surface area contributed by atoms with Crippen molar-refractivity contribution in [3.63, 3.8) is 0 Å². The Morgan fingerprint density at radius 3 is 2.75 bits per heavy atom. The number of aliphatic hydroxyl groups is 1. The van der Waals surface area contributed by atoms with Crippen molar-refractivity contribution in [2.45, 2.75) is 51.9 Å². The molecule has 0 spiro atoms. The molecule has 1 aliphatic heterocycles. The first kappa shape index (κ1) is 19.1. The minimum Gasteiger partial charge on any atom is -0.388 e. The molecule has 0 radical (unpaired) electrons. The number of rotatable bonds is 6. The van der Waals surface area contributed by atoms with E-state index in [1.807, 2.05) is 29.1 Å². The summed E-state index contributed by atoms with van der Waals surface area (Å²) >= 11 is 1.46. The van der Waals surface area contributed by atoms with Gasteiger partial charge >= 0.3 is 5.76 Å². The van der Waals surface area contributed by atoms with Crippen molar-refractivity contribution >= 4 is 11.3 Å². The topological polar surface area (TPSA) is 89.3 Å². The van der Waals surface area contributed by atoms with E-state index in [-0.39, 0.29) is 6.54 Å². The molecule has 4 rings (SSSR count). The summed E-state index contributed by atoms with van der Waals surface area (Å²) in [6.07, 6.45) is 3.26. The second-order valence-electron chi connectivity index (χ2n) is 7.40. The second-order valence-corrected chi connectivity index (χ2v) is 8.35. The maximum absolute atomic E-state index is 12.1. The van der Waals surface area contributed by atoms with E-state index in [4.69, 9.17) is 4.42 Å². The third kappa shape index (κ3) is 3.96. The van der Waals surface area contributed by atoms with Crippen LogP contribution >= 0.6 is 11.3 Å². The van der Waals surface area contributed by atoms with E-state index < -0.39 is 11.4 Å². The summed E-state index contributed by atoms with van der Waals surface area (Å²) < 4.78 is 8.45. The van der Waals surface area contributed by atoms with Crippen molar-refractivity contribution in [1.29, 1.82) is 0 Å². The normalized spacial score (nSPS) is 17.2. The molecule has 0 saturated carbocycles. The summed E-state index contributed by atoms with van der Waals surface area (Å²) in [5.41, 5.74) is 1.32. The number of hydrogen-bond donors (Lipinski definition) is 1. The van der Waals surface area contributed by atoms with Crippen LogP contribution in [0.4, 0.5) is 0 Å². The molecular weight excluding hydrogens is 378 g/mol.